The molecule has 0 radical (unpaired) electrons. The number of aromatic nitrogens is 2. The Balaban J connectivity index is 1.93. The Morgan fingerprint density at radius 2 is 1.96 bits per heavy atom. The number of hydrogen-bond acceptors (Lipinski definition) is 3. The van der Waals surface area contributed by atoms with Gasteiger partial charge in [-0.15, -0.1) is 0 Å². The highest BCUT2D eigenvalue weighted by Crippen LogP contribution is 2.10. The van der Waals surface area contributed by atoms with E-state index in [2.05, 4.69) is 28.6 Å². The molecule has 0 aliphatic carbocycles. The van der Waals surface area contributed by atoms with Crippen LogP contribution in [0.2, 0.25) is 0 Å². The van der Waals surface area contributed by atoms with Gasteiger partial charge < -0.3 is 10.4 Å². The zero-order valence-electron chi connectivity index (χ0n) is 14.9. The largest absolute Gasteiger partial charge is 0.392 e. The molecule has 0 saturated carbocycles. The topological polar surface area (TPSA) is 67.2 Å². The minimum atomic E-state index is -0.595. The third-order valence-corrected chi connectivity index (χ3v) is 4.08. The molecule has 0 bridgehead atoms. The maximum Gasteiger partial charge on any atom is 0.222 e. The summed E-state index contributed by atoms with van der Waals surface area (Å²) in [5.41, 5.74) is 4.34. The fraction of sp³-hybridized carbons (Fsp3) is 0.474. The molecular formula is C19H27N3O2. The molecule has 130 valence electrons. The molecule has 5 nitrogen and oxygen atoms in total. The Labute approximate surface area is 143 Å². The SMILES string of the molecule is Cc1cc(C)n(Cc2cccc(CNC(=O)CC(O)C(C)C)c2)n1. The Kier molecular flexibility index (Phi) is 6.15. The number of nitrogens with one attached hydrogen (secondary N) is 1. The van der Waals surface area contributed by atoms with E-state index in [1.807, 2.05) is 44.5 Å². The van der Waals surface area contributed by atoms with E-state index in [4.69, 9.17) is 0 Å². The van der Waals surface area contributed by atoms with Crippen molar-refractivity contribution in [2.45, 2.75) is 53.3 Å². The number of aliphatic hydroxyl groups is 1. The molecule has 5 heteroatoms. The van der Waals surface area contributed by atoms with Gasteiger partial charge in [-0.2, -0.15) is 5.10 Å². The number of amides is 1. The summed E-state index contributed by atoms with van der Waals surface area (Å²) < 4.78 is 1.98. The summed E-state index contributed by atoms with van der Waals surface area (Å²) in [6.45, 7) is 9.02. The molecule has 2 rings (SSSR count). The number of aliphatic hydroxyl groups excluding tert-OH is 1. The first-order valence-corrected chi connectivity index (χ1v) is 8.38. The van der Waals surface area contributed by atoms with Crippen molar-refractivity contribution in [3.63, 3.8) is 0 Å². The number of carbonyl (C=O) groups is 1. The third kappa shape index (κ3) is 5.20. The molecule has 0 saturated heterocycles. The summed E-state index contributed by atoms with van der Waals surface area (Å²) in [5, 5.41) is 17.1. The molecule has 2 aromatic rings. The minimum absolute atomic E-state index is 0.0832. The third-order valence-electron chi connectivity index (χ3n) is 4.08. The molecule has 1 heterocycles. The van der Waals surface area contributed by atoms with Crippen LogP contribution in [0.25, 0.3) is 0 Å². The lowest BCUT2D eigenvalue weighted by Crippen LogP contribution is -2.29. The first-order chi connectivity index (χ1) is 11.3. The van der Waals surface area contributed by atoms with Gasteiger partial charge >= 0.3 is 0 Å². The molecule has 2 N–H and O–H groups in total. The van der Waals surface area contributed by atoms with Crippen molar-refractivity contribution in [3.8, 4) is 0 Å². The van der Waals surface area contributed by atoms with E-state index in [0.717, 1.165) is 22.5 Å². The summed E-state index contributed by atoms with van der Waals surface area (Å²) in [6, 6.07) is 10.2. The van der Waals surface area contributed by atoms with Gasteiger partial charge in [-0.25, -0.2) is 0 Å². The lowest BCUT2D eigenvalue weighted by atomic mass is 10.0. The van der Waals surface area contributed by atoms with Crippen LogP contribution < -0.4 is 5.32 Å². The van der Waals surface area contributed by atoms with Gasteiger partial charge in [0, 0.05) is 12.2 Å². The Hall–Kier alpha value is -2.14. The van der Waals surface area contributed by atoms with Crippen LogP contribution in [0.3, 0.4) is 0 Å². The van der Waals surface area contributed by atoms with Gasteiger partial charge in [-0.3, -0.25) is 9.48 Å². The summed E-state index contributed by atoms with van der Waals surface area (Å²) in [5.74, 6) is -0.0417. The summed E-state index contributed by atoms with van der Waals surface area (Å²) in [7, 11) is 0. The maximum atomic E-state index is 11.9. The average molecular weight is 329 g/mol. The van der Waals surface area contributed by atoms with Crippen LogP contribution in [0.5, 0.6) is 0 Å². The Morgan fingerprint density at radius 3 is 2.58 bits per heavy atom. The number of aryl methyl sites for hydroxylation is 2. The Morgan fingerprint density at radius 1 is 1.25 bits per heavy atom. The van der Waals surface area contributed by atoms with E-state index in [0.29, 0.717) is 13.1 Å². The van der Waals surface area contributed by atoms with E-state index < -0.39 is 6.10 Å². The molecule has 0 aliphatic rings. The molecule has 0 spiro atoms. The molecule has 1 amide bonds. The van der Waals surface area contributed by atoms with Crippen LogP contribution in [-0.2, 0) is 17.9 Å². The zero-order valence-corrected chi connectivity index (χ0v) is 14.9. The highest BCUT2D eigenvalue weighted by Gasteiger charge is 2.14. The van der Waals surface area contributed by atoms with Crippen molar-refractivity contribution in [1.82, 2.24) is 15.1 Å². The smallest absolute Gasteiger partial charge is 0.222 e. The Bertz CT molecular complexity index is 692. The second kappa shape index (κ2) is 8.11. The molecule has 1 aromatic heterocycles. The lowest BCUT2D eigenvalue weighted by molar-refractivity contribution is -0.123. The van der Waals surface area contributed by atoms with Crippen LogP contribution in [0.1, 0.15) is 42.8 Å². The van der Waals surface area contributed by atoms with Crippen molar-refractivity contribution >= 4 is 5.91 Å². The number of nitrogens with zero attached hydrogens (tertiary/aromatic N) is 2. The van der Waals surface area contributed by atoms with E-state index in [1.165, 1.54) is 0 Å². The summed E-state index contributed by atoms with van der Waals surface area (Å²) in [6.07, 6.45) is -0.453. The van der Waals surface area contributed by atoms with Crippen LogP contribution in [0.15, 0.2) is 30.3 Å². The van der Waals surface area contributed by atoms with Crippen molar-refractivity contribution in [2.75, 3.05) is 0 Å². The number of carbonyl (C=O) groups excluding carboxylic acids is 1. The van der Waals surface area contributed by atoms with E-state index >= 15 is 0 Å². The van der Waals surface area contributed by atoms with Crippen molar-refractivity contribution < 1.29 is 9.90 Å². The summed E-state index contributed by atoms with van der Waals surface area (Å²) >= 11 is 0. The maximum absolute atomic E-state index is 11.9. The van der Waals surface area contributed by atoms with Gasteiger partial charge in [-0.1, -0.05) is 38.1 Å². The average Bonchev–Trinajstić information content (AvgIpc) is 2.83. The minimum Gasteiger partial charge on any atom is -0.392 e. The van der Waals surface area contributed by atoms with E-state index in [-0.39, 0.29) is 18.2 Å². The molecule has 1 aromatic carbocycles. The molecule has 0 aliphatic heterocycles. The van der Waals surface area contributed by atoms with Crippen LogP contribution in [-0.4, -0.2) is 26.9 Å². The van der Waals surface area contributed by atoms with Gasteiger partial charge in [0.25, 0.3) is 0 Å². The van der Waals surface area contributed by atoms with Crippen molar-refractivity contribution in [2.24, 2.45) is 5.92 Å². The molecule has 1 atom stereocenters. The fourth-order valence-electron chi connectivity index (χ4n) is 2.54. The van der Waals surface area contributed by atoms with Crippen molar-refractivity contribution in [3.05, 3.63) is 52.8 Å². The van der Waals surface area contributed by atoms with Gasteiger partial charge in [0.05, 0.1) is 24.8 Å². The highest BCUT2D eigenvalue weighted by atomic mass is 16.3. The summed E-state index contributed by atoms with van der Waals surface area (Å²) in [4.78, 5) is 11.9. The first-order valence-electron chi connectivity index (χ1n) is 8.38. The molecular weight excluding hydrogens is 302 g/mol. The van der Waals surface area contributed by atoms with Gasteiger partial charge in [0.1, 0.15) is 0 Å². The standard InChI is InChI=1S/C19H27N3O2/c1-13(2)18(23)10-19(24)20-11-16-6-5-7-17(9-16)12-22-15(4)8-14(3)21-22/h5-9,13,18,23H,10-12H2,1-4H3,(H,20,24). The molecule has 0 fully saturated rings. The second-order valence-electron chi connectivity index (χ2n) is 6.70. The van der Waals surface area contributed by atoms with E-state index in [1.54, 1.807) is 0 Å². The predicted octanol–water partition coefficient (Wildman–Crippen LogP) is 2.57. The van der Waals surface area contributed by atoms with Crippen LogP contribution in [0, 0.1) is 19.8 Å². The van der Waals surface area contributed by atoms with Crippen molar-refractivity contribution in [1.29, 1.82) is 0 Å². The van der Waals surface area contributed by atoms with Gasteiger partial charge in [0.2, 0.25) is 5.91 Å². The van der Waals surface area contributed by atoms with Gasteiger partial charge in [0.15, 0.2) is 0 Å². The highest BCUT2D eigenvalue weighted by molar-refractivity contribution is 5.76. The zero-order chi connectivity index (χ0) is 17.7. The number of benzene rings is 1. The lowest BCUT2D eigenvalue weighted by Gasteiger charge is -2.14. The predicted molar refractivity (Wildman–Crippen MR) is 94.6 cm³/mol. The quantitative estimate of drug-likeness (QED) is 0.820. The van der Waals surface area contributed by atoms with Crippen LogP contribution in [0.4, 0.5) is 0 Å². The molecule has 1 unspecified atom stereocenters. The van der Waals surface area contributed by atoms with Crippen LogP contribution >= 0.6 is 0 Å². The second-order valence-corrected chi connectivity index (χ2v) is 6.70. The number of rotatable bonds is 7. The monoisotopic (exact) mass is 329 g/mol. The first kappa shape index (κ1) is 18.2. The fourth-order valence-corrected chi connectivity index (χ4v) is 2.54. The normalized spacial score (nSPS) is 12.4. The van der Waals surface area contributed by atoms with E-state index in [9.17, 15) is 9.90 Å². The number of hydrogen-bond donors (Lipinski definition) is 2. The molecule has 24 heavy (non-hydrogen) atoms. The van der Waals surface area contributed by atoms with Gasteiger partial charge in [-0.05, 0) is 37.0 Å².